The number of aliphatic carboxylic acids is 1. The van der Waals surface area contributed by atoms with E-state index in [2.05, 4.69) is 18.7 Å². The molecule has 0 radical (unpaired) electrons. The minimum absolute atomic E-state index is 0.203. The molecule has 1 N–H and O–H groups in total. The molecule has 0 amide bonds. The molecule has 1 saturated heterocycles. The molecule has 1 aliphatic heterocycles. The van der Waals surface area contributed by atoms with Gasteiger partial charge in [0.15, 0.2) is 0 Å². The molecule has 1 aromatic carbocycles. The lowest BCUT2D eigenvalue weighted by atomic mass is 9.89. The van der Waals surface area contributed by atoms with Gasteiger partial charge >= 0.3 is 5.97 Å². The number of nitrogens with zero attached hydrogens (tertiary/aromatic N) is 1. The summed E-state index contributed by atoms with van der Waals surface area (Å²) in [4.78, 5) is 13.4. The normalized spacial score (nSPS) is 25.4. The molecule has 3 unspecified atom stereocenters. The largest absolute Gasteiger partial charge is 0.481 e. The summed E-state index contributed by atoms with van der Waals surface area (Å²) in [7, 11) is 0. The summed E-state index contributed by atoms with van der Waals surface area (Å²) in [5.41, 5.74) is 1.11. The topological polar surface area (TPSA) is 40.5 Å². The Labute approximate surface area is 129 Å². The number of rotatable bonds is 3. The lowest BCUT2D eigenvalue weighted by molar-refractivity contribution is -0.144. The van der Waals surface area contributed by atoms with Gasteiger partial charge in [-0.15, -0.1) is 0 Å². The summed E-state index contributed by atoms with van der Waals surface area (Å²) in [5, 5.41) is 10.2. The van der Waals surface area contributed by atoms with Gasteiger partial charge in [-0.1, -0.05) is 29.3 Å². The van der Waals surface area contributed by atoms with Crippen molar-refractivity contribution in [3.8, 4) is 0 Å². The molecule has 2 rings (SSSR count). The van der Waals surface area contributed by atoms with E-state index in [1.165, 1.54) is 0 Å². The molecule has 0 saturated carbocycles. The fourth-order valence-corrected chi connectivity index (χ4v) is 3.26. The van der Waals surface area contributed by atoms with E-state index >= 15 is 0 Å². The van der Waals surface area contributed by atoms with Crippen molar-refractivity contribution in [1.82, 2.24) is 4.90 Å². The Morgan fingerprint density at radius 3 is 2.65 bits per heavy atom. The number of carboxylic acid groups (broad SMARTS) is 1. The van der Waals surface area contributed by atoms with E-state index in [1.54, 1.807) is 0 Å². The number of hydrogen-bond acceptors (Lipinski definition) is 2. The number of benzene rings is 1. The smallest absolute Gasteiger partial charge is 0.306 e. The van der Waals surface area contributed by atoms with Gasteiger partial charge in [0.05, 0.1) is 16.0 Å². The molecule has 20 heavy (non-hydrogen) atoms. The third kappa shape index (κ3) is 3.27. The highest BCUT2D eigenvalue weighted by atomic mass is 35.5. The number of likely N-dealkylation sites (tertiary alicyclic amines) is 1. The predicted octanol–water partition coefficient (Wildman–Crippen LogP) is 4.24. The number of hydrogen-bond donors (Lipinski definition) is 1. The fourth-order valence-electron chi connectivity index (χ4n) is 2.95. The Hall–Kier alpha value is -0.770. The van der Waals surface area contributed by atoms with Crippen LogP contribution in [0.25, 0.3) is 0 Å². The van der Waals surface area contributed by atoms with Crippen molar-refractivity contribution in [2.45, 2.75) is 38.8 Å². The van der Waals surface area contributed by atoms with Gasteiger partial charge < -0.3 is 5.11 Å². The maximum atomic E-state index is 11.1. The third-order valence-electron chi connectivity index (χ3n) is 4.20. The number of carboxylic acids is 1. The van der Waals surface area contributed by atoms with Gasteiger partial charge in [-0.2, -0.15) is 0 Å². The highest BCUT2D eigenvalue weighted by molar-refractivity contribution is 6.42. The zero-order chi connectivity index (χ0) is 14.9. The molecule has 0 bridgehead atoms. The zero-order valence-electron chi connectivity index (χ0n) is 11.6. The van der Waals surface area contributed by atoms with E-state index in [0.29, 0.717) is 22.9 Å². The first-order chi connectivity index (χ1) is 9.40. The molecule has 1 fully saturated rings. The predicted molar refractivity (Wildman–Crippen MR) is 81.4 cm³/mol. The molecule has 0 aromatic heterocycles. The Bertz CT molecular complexity index is 507. The van der Waals surface area contributed by atoms with E-state index < -0.39 is 5.97 Å². The monoisotopic (exact) mass is 315 g/mol. The average molecular weight is 316 g/mol. The minimum Gasteiger partial charge on any atom is -0.481 e. The van der Waals surface area contributed by atoms with E-state index in [0.717, 1.165) is 12.1 Å². The van der Waals surface area contributed by atoms with Gasteiger partial charge in [0.1, 0.15) is 0 Å². The van der Waals surface area contributed by atoms with Gasteiger partial charge in [-0.3, -0.25) is 9.69 Å². The fraction of sp³-hybridized carbons (Fsp3) is 0.533. The standard InChI is InChI=1S/C15H19Cl2NO2/c1-9-7-12(15(19)20)5-6-18(9)10(2)11-3-4-13(16)14(17)8-11/h3-4,8-10,12H,5-7H2,1-2H3,(H,19,20). The molecule has 5 heteroatoms. The molecule has 3 atom stereocenters. The molecule has 1 heterocycles. The number of halogens is 2. The van der Waals surface area contributed by atoms with Gasteiger partial charge in [0.2, 0.25) is 0 Å². The highest BCUT2D eigenvalue weighted by Gasteiger charge is 2.32. The molecule has 0 spiro atoms. The molecular formula is C15H19Cl2NO2. The van der Waals surface area contributed by atoms with Gasteiger partial charge in [0, 0.05) is 12.1 Å². The first kappa shape index (κ1) is 15.6. The third-order valence-corrected chi connectivity index (χ3v) is 4.94. The summed E-state index contributed by atoms with van der Waals surface area (Å²) < 4.78 is 0. The summed E-state index contributed by atoms with van der Waals surface area (Å²) in [6, 6.07) is 6.13. The van der Waals surface area contributed by atoms with Crippen LogP contribution in [0.5, 0.6) is 0 Å². The van der Waals surface area contributed by atoms with Crippen LogP contribution >= 0.6 is 23.2 Å². The van der Waals surface area contributed by atoms with Crippen molar-refractivity contribution < 1.29 is 9.90 Å². The van der Waals surface area contributed by atoms with E-state index in [9.17, 15) is 4.79 Å². The first-order valence-electron chi connectivity index (χ1n) is 6.83. The lowest BCUT2D eigenvalue weighted by Crippen LogP contribution is -2.43. The van der Waals surface area contributed by atoms with E-state index in [1.807, 2.05) is 18.2 Å². The van der Waals surface area contributed by atoms with Crippen LogP contribution in [0.2, 0.25) is 10.0 Å². The molecular weight excluding hydrogens is 297 g/mol. The van der Waals surface area contributed by atoms with Crippen molar-refractivity contribution in [2.24, 2.45) is 5.92 Å². The van der Waals surface area contributed by atoms with Gasteiger partial charge in [-0.05, 0) is 50.9 Å². The minimum atomic E-state index is -0.682. The van der Waals surface area contributed by atoms with Gasteiger partial charge in [-0.25, -0.2) is 0 Å². The Morgan fingerprint density at radius 2 is 2.10 bits per heavy atom. The number of carbonyl (C=O) groups is 1. The van der Waals surface area contributed by atoms with E-state index in [-0.39, 0.29) is 18.0 Å². The second-order valence-corrected chi connectivity index (χ2v) is 6.31. The maximum Gasteiger partial charge on any atom is 0.306 e. The average Bonchev–Trinajstić information content (AvgIpc) is 2.41. The van der Waals surface area contributed by atoms with Crippen LogP contribution in [0.1, 0.15) is 38.3 Å². The second kappa shape index (κ2) is 6.33. The summed E-state index contributed by atoms with van der Waals surface area (Å²) in [6.45, 7) is 5.00. The van der Waals surface area contributed by atoms with Crippen LogP contribution in [0, 0.1) is 5.92 Å². The van der Waals surface area contributed by atoms with Crippen LogP contribution in [0.3, 0.4) is 0 Å². The Balaban J connectivity index is 2.11. The molecule has 1 aliphatic rings. The lowest BCUT2D eigenvalue weighted by Gasteiger charge is -2.40. The summed E-state index contributed by atoms with van der Waals surface area (Å²) >= 11 is 12.0. The zero-order valence-corrected chi connectivity index (χ0v) is 13.2. The molecule has 3 nitrogen and oxygen atoms in total. The SMILES string of the molecule is CC1CC(C(=O)O)CCN1C(C)c1ccc(Cl)c(Cl)c1. The van der Waals surface area contributed by atoms with Crippen LogP contribution in [-0.2, 0) is 4.79 Å². The van der Waals surface area contributed by atoms with Crippen molar-refractivity contribution in [3.05, 3.63) is 33.8 Å². The molecule has 110 valence electrons. The maximum absolute atomic E-state index is 11.1. The van der Waals surface area contributed by atoms with Crippen LogP contribution in [-0.4, -0.2) is 28.6 Å². The first-order valence-corrected chi connectivity index (χ1v) is 7.59. The van der Waals surface area contributed by atoms with Gasteiger partial charge in [0.25, 0.3) is 0 Å². The summed E-state index contributed by atoms with van der Waals surface area (Å²) in [5.74, 6) is -0.902. The summed E-state index contributed by atoms with van der Waals surface area (Å²) in [6.07, 6.45) is 1.40. The van der Waals surface area contributed by atoms with Crippen LogP contribution in [0.15, 0.2) is 18.2 Å². The van der Waals surface area contributed by atoms with E-state index in [4.69, 9.17) is 28.3 Å². The Kier molecular flexibility index (Phi) is 4.95. The Morgan fingerprint density at radius 1 is 1.40 bits per heavy atom. The molecule has 0 aliphatic carbocycles. The van der Waals surface area contributed by atoms with Crippen molar-refractivity contribution in [2.75, 3.05) is 6.54 Å². The van der Waals surface area contributed by atoms with Crippen molar-refractivity contribution in [1.29, 1.82) is 0 Å². The highest BCUT2D eigenvalue weighted by Crippen LogP contribution is 2.33. The van der Waals surface area contributed by atoms with Crippen LogP contribution in [0.4, 0.5) is 0 Å². The van der Waals surface area contributed by atoms with Crippen LogP contribution < -0.4 is 0 Å². The second-order valence-electron chi connectivity index (χ2n) is 5.50. The van der Waals surface area contributed by atoms with Crippen molar-refractivity contribution >= 4 is 29.2 Å². The quantitative estimate of drug-likeness (QED) is 0.907. The number of piperidine rings is 1. The molecule has 1 aromatic rings. The van der Waals surface area contributed by atoms with Crippen molar-refractivity contribution in [3.63, 3.8) is 0 Å².